The highest BCUT2D eigenvalue weighted by Crippen LogP contribution is 2.17. The van der Waals surface area contributed by atoms with Crippen molar-refractivity contribution in [3.05, 3.63) is 30.5 Å². The van der Waals surface area contributed by atoms with E-state index >= 15 is 0 Å². The summed E-state index contributed by atoms with van der Waals surface area (Å²) in [6.45, 7) is 5.75. The van der Waals surface area contributed by atoms with E-state index in [0.717, 1.165) is 37.7 Å². The Kier molecular flexibility index (Phi) is 4.40. The zero-order chi connectivity index (χ0) is 14.5. The maximum absolute atomic E-state index is 4.28. The van der Waals surface area contributed by atoms with Crippen LogP contribution in [0.4, 0.5) is 5.82 Å². The number of anilines is 1. The van der Waals surface area contributed by atoms with E-state index in [9.17, 15) is 0 Å². The topological polar surface area (TPSA) is 71.8 Å². The fourth-order valence-electron chi connectivity index (χ4n) is 2.64. The third kappa shape index (κ3) is 3.75. The molecule has 1 unspecified atom stereocenters. The third-order valence-corrected chi connectivity index (χ3v) is 3.77. The van der Waals surface area contributed by atoms with Crippen LogP contribution >= 0.6 is 0 Å². The van der Waals surface area contributed by atoms with E-state index in [1.807, 2.05) is 17.7 Å². The molecule has 0 bridgehead atoms. The number of piperidine rings is 1. The van der Waals surface area contributed by atoms with Gasteiger partial charge < -0.3 is 10.2 Å². The van der Waals surface area contributed by atoms with Gasteiger partial charge in [-0.15, -0.1) is 5.10 Å². The minimum atomic E-state index is 0.491. The number of rotatable bonds is 5. The Morgan fingerprint density at radius 2 is 2.29 bits per heavy atom. The van der Waals surface area contributed by atoms with Gasteiger partial charge in [-0.1, -0.05) is 0 Å². The standard InChI is InChI=1S/C14H21N7/c1-12-4-5-14(19-18-12)20-7-2-3-13(9-20)16-6-8-21-11-15-10-17-21/h4-5,10-11,13,16H,2-3,6-9H2,1H3. The lowest BCUT2D eigenvalue weighted by Gasteiger charge is -2.33. The van der Waals surface area contributed by atoms with Crippen LogP contribution in [0.2, 0.25) is 0 Å². The zero-order valence-electron chi connectivity index (χ0n) is 12.3. The van der Waals surface area contributed by atoms with Crippen molar-refractivity contribution in [3.63, 3.8) is 0 Å². The number of nitrogens with zero attached hydrogens (tertiary/aromatic N) is 6. The van der Waals surface area contributed by atoms with Crippen molar-refractivity contribution in [3.8, 4) is 0 Å². The van der Waals surface area contributed by atoms with Gasteiger partial charge in [0.25, 0.3) is 0 Å². The Morgan fingerprint density at radius 3 is 3.05 bits per heavy atom. The van der Waals surface area contributed by atoms with Gasteiger partial charge in [0, 0.05) is 25.7 Å². The fourth-order valence-corrected chi connectivity index (χ4v) is 2.64. The van der Waals surface area contributed by atoms with Gasteiger partial charge in [0.15, 0.2) is 5.82 Å². The molecule has 1 atom stereocenters. The fraction of sp³-hybridized carbons (Fsp3) is 0.571. The first kappa shape index (κ1) is 13.9. The molecular weight excluding hydrogens is 266 g/mol. The lowest BCUT2D eigenvalue weighted by Crippen LogP contribution is -2.46. The summed E-state index contributed by atoms with van der Waals surface area (Å²) in [5.74, 6) is 0.975. The Hall–Kier alpha value is -2.02. The number of aryl methyl sites for hydroxylation is 1. The van der Waals surface area contributed by atoms with Crippen LogP contribution < -0.4 is 10.2 Å². The molecule has 0 amide bonds. The molecule has 1 fully saturated rings. The average Bonchev–Trinajstić information content (AvgIpc) is 3.02. The van der Waals surface area contributed by atoms with Crippen LogP contribution in [-0.2, 0) is 6.54 Å². The van der Waals surface area contributed by atoms with Crippen molar-refractivity contribution >= 4 is 5.82 Å². The molecule has 0 radical (unpaired) electrons. The average molecular weight is 287 g/mol. The van der Waals surface area contributed by atoms with E-state index in [1.165, 1.54) is 12.8 Å². The summed E-state index contributed by atoms with van der Waals surface area (Å²) < 4.78 is 1.85. The van der Waals surface area contributed by atoms with E-state index in [0.29, 0.717) is 6.04 Å². The molecule has 1 N–H and O–H groups in total. The Labute approximate surface area is 124 Å². The van der Waals surface area contributed by atoms with E-state index in [1.54, 1.807) is 12.7 Å². The van der Waals surface area contributed by atoms with Gasteiger partial charge in [0.1, 0.15) is 12.7 Å². The predicted molar refractivity (Wildman–Crippen MR) is 80.0 cm³/mol. The van der Waals surface area contributed by atoms with Crippen LogP contribution in [0, 0.1) is 6.92 Å². The van der Waals surface area contributed by atoms with Crippen LogP contribution in [0.15, 0.2) is 24.8 Å². The maximum atomic E-state index is 4.28. The molecule has 1 aliphatic rings. The number of hydrogen-bond donors (Lipinski definition) is 1. The van der Waals surface area contributed by atoms with Crippen LogP contribution in [0.25, 0.3) is 0 Å². The molecule has 0 aromatic carbocycles. The molecule has 3 heterocycles. The second kappa shape index (κ2) is 6.62. The summed E-state index contributed by atoms with van der Waals surface area (Å²) in [4.78, 5) is 6.26. The molecule has 1 saturated heterocycles. The molecule has 0 aliphatic carbocycles. The van der Waals surface area contributed by atoms with Gasteiger partial charge in [-0.2, -0.15) is 10.2 Å². The molecule has 3 rings (SSSR count). The minimum Gasteiger partial charge on any atom is -0.354 e. The first-order valence-corrected chi connectivity index (χ1v) is 7.42. The number of nitrogens with one attached hydrogen (secondary N) is 1. The quantitative estimate of drug-likeness (QED) is 0.870. The van der Waals surface area contributed by atoms with Gasteiger partial charge in [0.2, 0.25) is 0 Å². The van der Waals surface area contributed by atoms with Crippen LogP contribution in [0.3, 0.4) is 0 Å². The van der Waals surface area contributed by atoms with E-state index in [2.05, 4.69) is 36.6 Å². The van der Waals surface area contributed by atoms with Crippen molar-refractivity contribution in [1.82, 2.24) is 30.3 Å². The highest BCUT2D eigenvalue weighted by molar-refractivity contribution is 5.38. The van der Waals surface area contributed by atoms with Crippen LogP contribution in [-0.4, -0.2) is 50.6 Å². The van der Waals surface area contributed by atoms with Gasteiger partial charge in [-0.25, -0.2) is 4.98 Å². The van der Waals surface area contributed by atoms with Crippen molar-refractivity contribution < 1.29 is 0 Å². The molecule has 2 aromatic heterocycles. The smallest absolute Gasteiger partial charge is 0.151 e. The minimum absolute atomic E-state index is 0.491. The largest absolute Gasteiger partial charge is 0.354 e. The summed E-state index contributed by atoms with van der Waals surface area (Å²) in [5.41, 5.74) is 0.957. The van der Waals surface area contributed by atoms with Gasteiger partial charge in [-0.3, -0.25) is 4.68 Å². The van der Waals surface area contributed by atoms with Crippen molar-refractivity contribution in [2.75, 3.05) is 24.5 Å². The highest BCUT2D eigenvalue weighted by atomic mass is 15.3. The van der Waals surface area contributed by atoms with Crippen molar-refractivity contribution in [2.45, 2.75) is 32.4 Å². The molecule has 1 aliphatic heterocycles. The second-order valence-electron chi connectivity index (χ2n) is 5.43. The molecule has 21 heavy (non-hydrogen) atoms. The Bertz CT molecular complexity index is 537. The van der Waals surface area contributed by atoms with Crippen LogP contribution in [0.5, 0.6) is 0 Å². The third-order valence-electron chi connectivity index (χ3n) is 3.77. The first-order chi connectivity index (χ1) is 10.3. The summed E-state index contributed by atoms with van der Waals surface area (Å²) in [7, 11) is 0. The number of hydrogen-bond acceptors (Lipinski definition) is 6. The highest BCUT2D eigenvalue weighted by Gasteiger charge is 2.20. The van der Waals surface area contributed by atoms with Crippen molar-refractivity contribution in [2.24, 2.45) is 0 Å². The summed E-state index contributed by atoms with van der Waals surface area (Å²) >= 11 is 0. The van der Waals surface area contributed by atoms with E-state index in [4.69, 9.17) is 0 Å². The molecule has 7 heteroatoms. The molecule has 0 spiro atoms. The SMILES string of the molecule is Cc1ccc(N2CCCC(NCCn3cncn3)C2)nn1. The van der Waals surface area contributed by atoms with Gasteiger partial charge in [0.05, 0.1) is 12.2 Å². The molecular formula is C14H21N7. The number of aromatic nitrogens is 5. The van der Waals surface area contributed by atoms with Gasteiger partial charge >= 0.3 is 0 Å². The molecule has 0 saturated carbocycles. The first-order valence-electron chi connectivity index (χ1n) is 7.42. The monoisotopic (exact) mass is 287 g/mol. The van der Waals surface area contributed by atoms with E-state index in [-0.39, 0.29) is 0 Å². The summed E-state index contributed by atoms with van der Waals surface area (Å²) in [5, 5.41) is 16.1. The predicted octanol–water partition coefficient (Wildman–Crippen LogP) is 0.635. The lowest BCUT2D eigenvalue weighted by molar-refractivity contribution is 0.406. The Morgan fingerprint density at radius 1 is 1.33 bits per heavy atom. The molecule has 7 nitrogen and oxygen atoms in total. The maximum Gasteiger partial charge on any atom is 0.151 e. The zero-order valence-corrected chi connectivity index (χ0v) is 12.3. The molecule has 112 valence electrons. The lowest BCUT2D eigenvalue weighted by atomic mass is 10.1. The summed E-state index contributed by atoms with van der Waals surface area (Å²) in [6, 6.07) is 4.56. The summed E-state index contributed by atoms with van der Waals surface area (Å²) in [6.07, 6.45) is 5.69. The second-order valence-corrected chi connectivity index (χ2v) is 5.43. The van der Waals surface area contributed by atoms with Gasteiger partial charge in [-0.05, 0) is 31.9 Å². The van der Waals surface area contributed by atoms with Crippen LogP contribution in [0.1, 0.15) is 18.5 Å². The van der Waals surface area contributed by atoms with Crippen molar-refractivity contribution in [1.29, 1.82) is 0 Å². The van der Waals surface area contributed by atoms with E-state index < -0.39 is 0 Å². The Balaban J connectivity index is 1.49. The normalized spacial score (nSPS) is 18.9. The molecule has 2 aromatic rings.